The van der Waals surface area contributed by atoms with E-state index in [1.165, 1.54) is 0 Å². The average molecular weight is 202 g/mol. The maximum absolute atomic E-state index is 4.24. The third kappa shape index (κ3) is 5.57. The van der Waals surface area contributed by atoms with Crippen molar-refractivity contribution in [1.29, 1.82) is 0 Å². The molecule has 0 saturated carbocycles. The lowest BCUT2D eigenvalue weighted by atomic mass is 10.2. The zero-order valence-electron chi connectivity index (χ0n) is 9.70. The van der Waals surface area contributed by atoms with Crippen LogP contribution < -0.4 is 0 Å². The zero-order chi connectivity index (χ0) is 11.7. The van der Waals surface area contributed by atoms with E-state index in [9.17, 15) is 0 Å². The van der Waals surface area contributed by atoms with Gasteiger partial charge in [-0.05, 0) is 33.1 Å². The Morgan fingerprint density at radius 3 is 2.40 bits per heavy atom. The molecule has 0 bridgehead atoms. The van der Waals surface area contributed by atoms with Crippen LogP contribution in [0.15, 0.2) is 57.8 Å². The summed E-state index contributed by atoms with van der Waals surface area (Å²) in [6, 6.07) is 0. The SMILES string of the molecule is C=N/C=C(\C=C/C)C(=C)N=C/C(C)=C\C. The number of allylic oxidation sites excluding steroid dienone is 4. The lowest BCUT2D eigenvalue weighted by Gasteiger charge is -1.99. The summed E-state index contributed by atoms with van der Waals surface area (Å²) in [4.78, 5) is 7.95. The first-order valence-electron chi connectivity index (χ1n) is 4.80. The van der Waals surface area contributed by atoms with Crippen LogP contribution in [-0.2, 0) is 0 Å². The Labute approximate surface area is 92.2 Å². The van der Waals surface area contributed by atoms with Crippen molar-refractivity contribution < 1.29 is 0 Å². The van der Waals surface area contributed by atoms with Gasteiger partial charge in [0, 0.05) is 18.0 Å². The van der Waals surface area contributed by atoms with Crippen molar-refractivity contribution in [3.05, 3.63) is 47.9 Å². The summed E-state index contributed by atoms with van der Waals surface area (Å²) in [5.74, 6) is 0. The van der Waals surface area contributed by atoms with Crippen LogP contribution in [0.3, 0.4) is 0 Å². The second-order valence-corrected chi connectivity index (χ2v) is 3.00. The van der Waals surface area contributed by atoms with Gasteiger partial charge in [0.2, 0.25) is 0 Å². The van der Waals surface area contributed by atoms with E-state index in [-0.39, 0.29) is 0 Å². The van der Waals surface area contributed by atoms with Crippen LogP contribution >= 0.6 is 0 Å². The Morgan fingerprint density at radius 2 is 1.93 bits per heavy atom. The molecule has 0 aromatic rings. The van der Waals surface area contributed by atoms with E-state index in [4.69, 9.17) is 0 Å². The minimum Gasteiger partial charge on any atom is -0.272 e. The fourth-order valence-electron chi connectivity index (χ4n) is 0.820. The lowest BCUT2D eigenvalue weighted by Crippen LogP contribution is -1.84. The molecule has 0 saturated heterocycles. The van der Waals surface area contributed by atoms with Gasteiger partial charge in [-0.15, -0.1) is 0 Å². The molecule has 2 nitrogen and oxygen atoms in total. The summed E-state index contributed by atoms with van der Waals surface area (Å²) in [5, 5.41) is 0. The molecule has 0 N–H and O–H groups in total. The van der Waals surface area contributed by atoms with Crippen molar-refractivity contribution in [2.75, 3.05) is 0 Å². The van der Waals surface area contributed by atoms with E-state index in [1.54, 1.807) is 12.4 Å². The molecule has 0 spiro atoms. The molecule has 0 fully saturated rings. The molecule has 0 aliphatic rings. The average Bonchev–Trinajstić information content (AvgIpc) is 2.25. The lowest BCUT2D eigenvalue weighted by molar-refractivity contribution is 1.33. The molecule has 0 heterocycles. The largest absolute Gasteiger partial charge is 0.272 e. The third-order valence-corrected chi connectivity index (χ3v) is 1.79. The second-order valence-electron chi connectivity index (χ2n) is 3.00. The van der Waals surface area contributed by atoms with Gasteiger partial charge in [0.1, 0.15) is 0 Å². The molecule has 0 atom stereocenters. The summed E-state index contributed by atoms with van der Waals surface area (Å²) in [6.07, 6.45) is 9.23. The van der Waals surface area contributed by atoms with E-state index in [0.717, 1.165) is 11.1 Å². The van der Waals surface area contributed by atoms with Crippen molar-refractivity contribution >= 4 is 12.9 Å². The number of hydrogen-bond acceptors (Lipinski definition) is 2. The normalized spacial score (nSPS) is 13.8. The molecule has 0 radical (unpaired) electrons. The predicted octanol–water partition coefficient (Wildman–Crippen LogP) is 3.70. The molecule has 0 aliphatic heterocycles. The number of nitrogens with zero attached hydrogens (tertiary/aromatic N) is 2. The van der Waals surface area contributed by atoms with Gasteiger partial charge in [-0.3, -0.25) is 9.98 Å². The molecular weight excluding hydrogens is 184 g/mol. The second kappa shape index (κ2) is 7.68. The van der Waals surface area contributed by atoms with E-state index >= 15 is 0 Å². The third-order valence-electron chi connectivity index (χ3n) is 1.79. The first kappa shape index (κ1) is 13.3. The van der Waals surface area contributed by atoms with E-state index in [0.29, 0.717) is 5.70 Å². The fourth-order valence-corrected chi connectivity index (χ4v) is 0.820. The van der Waals surface area contributed by atoms with Crippen LogP contribution in [0.25, 0.3) is 0 Å². The molecular formula is C13H18N2. The number of rotatable bonds is 5. The summed E-state index contributed by atoms with van der Waals surface area (Å²) < 4.78 is 0. The quantitative estimate of drug-likeness (QED) is 0.480. The van der Waals surface area contributed by atoms with Crippen LogP contribution in [-0.4, -0.2) is 12.9 Å². The minimum absolute atomic E-state index is 0.682. The van der Waals surface area contributed by atoms with Crippen molar-refractivity contribution in [2.45, 2.75) is 20.8 Å². The first-order chi connectivity index (χ1) is 7.15. The van der Waals surface area contributed by atoms with E-state index < -0.39 is 0 Å². The highest BCUT2D eigenvalue weighted by atomic mass is 14.7. The molecule has 0 aromatic heterocycles. The van der Waals surface area contributed by atoms with Gasteiger partial charge >= 0.3 is 0 Å². The standard InChI is InChI=1S/C13H18N2/c1-6-8-13(10-14-5)12(4)15-9-11(3)7-2/h6-10H,4-5H2,1-3H3/b8-6-,11-7-,13-10+,15-9?. The van der Waals surface area contributed by atoms with E-state index in [2.05, 4.69) is 23.3 Å². The number of aliphatic imine (C=N–C) groups is 2. The van der Waals surface area contributed by atoms with Crippen molar-refractivity contribution in [3.8, 4) is 0 Å². The highest BCUT2D eigenvalue weighted by molar-refractivity contribution is 5.78. The maximum atomic E-state index is 4.24. The molecule has 0 aromatic carbocycles. The maximum Gasteiger partial charge on any atom is 0.0645 e. The highest BCUT2D eigenvalue weighted by Gasteiger charge is 1.95. The molecule has 0 unspecified atom stereocenters. The highest BCUT2D eigenvalue weighted by Crippen LogP contribution is 2.11. The summed E-state index contributed by atoms with van der Waals surface area (Å²) in [5.41, 5.74) is 2.65. The smallest absolute Gasteiger partial charge is 0.0645 e. The summed E-state index contributed by atoms with van der Waals surface area (Å²) in [6.45, 7) is 13.2. The Balaban J connectivity index is 4.75. The van der Waals surface area contributed by atoms with Crippen LogP contribution in [0, 0.1) is 0 Å². The minimum atomic E-state index is 0.682. The molecule has 0 amide bonds. The first-order valence-corrected chi connectivity index (χ1v) is 4.80. The Kier molecular flexibility index (Phi) is 6.81. The summed E-state index contributed by atoms with van der Waals surface area (Å²) in [7, 11) is 0. The van der Waals surface area contributed by atoms with Gasteiger partial charge in [-0.2, -0.15) is 0 Å². The molecule has 80 valence electrons. The zero-order valence-corrected chi connectivity index (χ0v) is 9.70. The Bertz CT molecular complexity index is 342. The fraction of sp³-hybridized carbons (Fsp3) is 0.231. The molecule has 15 heavy (non-hydrogen) atoms. The summed E-state index contributed by atoms with van der Waals surface area (Å²) >= 11 is 0. The van der Waals surface area contributed by atoms with Gasteiger partial charge in [0.25, 0.3) is 0 Å². The number of hydrogen-bond donors (Lipinski definition) is 0. The van der Waals surface area contributed by atoms with E-state index in [1.807, 2.05) is 39.0 Å². The van der Waals surface area contributed by atoms with Crippen molar-refractivity contribution in [1.82, 2.24) is 0 Å². The van der Waals surface area contributed by atoms with Gasteiger partial charge in [0.15, 0.2) is 0 Å². The van der Waals surface area contributed by atoms with Gasteiger partial charge in [-0.1, -0.05) is 24.8 Å². The Hall–Kier alpha value is -1.70. The van der Waals surface area contributed by atoms with Crippen molar-refractivity contribution in [3.63, 3.8) is 0 Å². The predicted molar refractivity (Wildman–Crippen MR) is 69.5 cm³/mol. The van der Waals surface area contributed by atoms with Crippen LogP contribution in [0.2, 0.25) is 0 Å². The van der Waals surface area contributed by atoms with Crippen LogP contribution in [0.5, 0.6) is 0 Å². The van der Waals surface area contributed by atoms with Crippen LogP contribution in [0.4, 0.5) is 0 Å². The Morgan fingerprint density at radius 1 is 1.27 bits per heavy atom. The van der Waals surface area contributed by atoms with Crippen LogP contribution in [0.1, 0.15) is 20.8 Å². The monoisotopic (exact) mass is 202 g/mol. The molecule has 0 aliphatic carbocycles. The topological polar surface area (TPSA) is 24.7 Å². The van der Waals surface area contributed by atoms with Gasteiger partial charge < -0.3 is 0 Å². The van der Waals surface area contributed by atoms with Crippen molar-refractivity contribution in [2.24, 2.45) is 9.98 Å². The van der Waals surface area contributed by atoms with Gasteiger partial charge in [-0.25, -0.2) is 0 Å². The molecule has 0 rings (SSSR count). The van der Waals surface area contributed by atoms with Gasteiger partial charge in [0.05, 0.1) is 5.70 Å². The molecule has 2 heteroatoms.